The smallest absolute Gasteiger partial charge is 0.251 e. The van der Waals surface area contributed by atoms with Crippen LogP contribution >= 0.6 is 0 Å². The van der Waals surface area contributed by atoms with Gasteiger partial charge in [0.05, 0.1) is 18.0 Å². The number of nitrogen functional groups attached to an aromatic ring is 1. The lowest BCUT2D eigenvalue weighted by molar-refractivity contribution is 0.0947. The molecule has 2 aromatic rings. The maximum atomic E-state index is 12.4. The molecule has 3 N–H and O–H groups in total. The normalized spacial score (nSPS) is 16.7. The van der Waals surface area contributed by atoms with Crippen LogP contribution in [0.5, 0.6) is 0 Å². The molecule has 1 aliphatic rings. The van der Waals surface area contributed by atoms with E-state index in [0.29, 0.717) is 23.9 Å². The van der Waals surface area contributed by atoms with Gasteiger partial charge < -0.3 is 15.8 Å². The fourth-order valence-corrected chi connectivity index (χ4v) is 3.17. The molecule has 132 valence electrons. The first-order valence-electron chi connectivity index (χ1n) is 8.94. The van der Waals surface area contributed by atoms with Crippen molar-refractivity contribution >= 4 is 11.6 Å². The second-order valence-corrected chi connectivity index (χ2v) is 6.43. The monoisotopic (exact) mass is 339 g/mol. The largest absolute Gasteiger partial charge is 0.397 e. The van der Waals surface area contributed by atoms with Crippen LogP contribution in [-0.4, -0.2) is 30.1 Å². The minimum Gasteiger partial charge on any atom is -0.397 e. The average molecular weight is 339 g/mol. The Morgan fingerprint density at radius 1 is 1.32 bits per heavy atom. The molecule has 1 aromatic carbocycles. The second kappa shape index (κ2) is 8.62. The number of ether oxygens (including phenoxy) is 1. The van der Waals surface area contributed by atoms with Crippen LogP contribution in [-0.2, 0) is 4.74 Å². The first-order valence-corrected chi connectivity index (χ1v) is 8.94. The van der Waals surface area contributed by atoms with Crippen LogP contribution in [0.3, 0.4) is 0 Å². The molecule has 25 heavy (non-hydrogen) atoms. The van der Waals surface area contributed by atoms with Gasteiger partial charge in [-0.3, -0.25) is 9.78 Å². The van der Waals surface area contributed by atoms with E-state index < -0.39 is 0 Å². The number of pyridine rings is 1. The van der Waals surface area contributed by atoms with E-state index in [1.54, 1.807) is 12.4 Å². The summed E-state index contributed by atoms with van der Waals surface area (Å²) >= 11 is 0. The highest BCUT2D eigenvalue weighted by Gasteiger charge is 2.14. The zero-order valence-corrected chi connectivity index (χ0v) is 14.4. The molecule has 1 aromatic heterocycles. The van der Waals surface area contributed by atoms with Gasteiger partial charge in [-0.2, -0.15) is 0 Å². The maximum absolute atomic E-state index is 12.4. The van der Waals surface area contributed by atoms with Crippen LogP contribution in [0.15, 0.2) is 42.7 Å². The summed E-state index contributed by atoms with van der Waals surface area (Å²) in [7, 11) is 0. The quantitative estimate of drug-likeness (QED) is 0.758. The Morgan fingerprint density at radius 3 is 3.04 bits per heavy atom. The SMILES string of the molecule is Nc1cnccc1-c1cccc(C(=O)NCCCC[C@@H]2CCCO2)c1. The van der Waals surface area contributed by atoms with Crippen molar-refractivity contribution in [1.29, 1.82) is 0 Å². The molecule has 5 nitrogen and oxygen atoms in total. The van der Waals surface area contributed by atoms with Gasteiger partial charge in [-0.1, -0.05) is 12.1 Å². The van der Waals surface area contributed by atoms with Crippen molar-refractivity contribution in [2.45, 2.75) is 38.2 Å². The summed E-state index contributed by atoms with van der Waals surface area (Å²) in [5.74, 6) is -0.0495. The zero-order valence-electron chi connectivity index (χ0n) is 14.4. The summed E-state index contributed by atoms with van der Waals surface area (Å²) in [5.41, 5.74) is 9.03. The lowest BCUT2D eigenvalue weighted by Gasteiger charge is -2.10. The number of carbonyl (C=O) groups excluding carboxylic acids is 1. The number of amides is 1. The van der Waals surface area contributed by atoms with E-state index in [-0.39, 0.29) is 5.91 Å². The Kier molecular flexibility index (Phi) is 6.01. The molecule has 1 saturated heterocycles. The van der Waals surface area contributed by atoms with Gasteiger partial charge in [-0.15, -0.1) is 0 Å². The topological polar surface area (TPSA) is 77.2 Å². The average Bonchev–Trinajstić information content (AvgIpc) is 3.15. The van der Waals surface area contributed by atoms with Crippen molar-refractivity contribution < 1.29 is 9.53 Å². The fraction of sp³-hybridized carbons (Fsp3) is 0.400. The zero-order chi connectivity index (χ0) is 17.5. The van der Waals surface area contributed by atoms with Crippen LogP contribution in [0, 0.1) is 0 Å². The number of rotatable bonds is 7. The molecule has 3 rings (SSSR count). The Morgan fingerprint density at radius 2 is 2.24 bits per heavy atom. The van der Waals surface area contributed by atoms with E-state index in [0.717, 1.165) is 37.0 Å². The second-order valence-electron chi connectivity index (χ2n) is 6.43. The van der Waals surface area contributed by atoms with Crippen molar-refractivity contribution in [2.24, 2.45) is 0 Å². The molecule has 0 radical (unpaired) electrons. The van der Waals surface area contributed by atoms with E-state index in [2.05, 4.69) is 10.3 Å². The molecule has 0 spiro atoms. The molecule has 2 heterocycles. The molecular weight excluding hydrogens is 314 g/mol. The molecule has 0 unspecified atom stereocenters. The third-order valence-electron chi connectivity index (χ3n) is 4.55. The van der Waals surface area contributed by atoms with E-state index >= 15 is 0 Å². The summed E-state index contributed by atoms with van der Waals surface area (Å²) in [5, 5.41) is 2.99. The number of hydrogen-bond donors (Lipinski definition) is 2. The van der Waals surface area contributed by atoms with E-state index in [1.807, 2.05) is 30.3 Å². The highest BCUT2D eigenvalue weighted by Crippen LogP contribution is 2.25. The lowest BCUT2D eigenvalue weighted by atomic mass is 10.0. The molecule has 1 aliphatic heterocycles. The molecule has 1 fully saturated rings. The Bertz CT molecular complexity index is 712. The van der Waals surface area contributed by atoms with E-state index in [9.17, 15) is 4.79 Å². The minimum absolute atomic E-state index is 0.0495. The number of hydrogen-bond acceptors (Lipinski definition) is 4. The number of aromatic nitrogens is 1. The summed E-state index contributed by atoms with van der Waals surface area (Å²) < 4.78 is 5.61. The molecule has 5 heteroatoms. The van der Waals surface area contributed by atoms with Gasteiger partial charge in [0, 0.05) is 30.5 Å². The minimum atomic E-state index is -0.0495. The number of nitrogens with zero attached hydrogens (tertiary/aromatic N) is 1. The van der Waals surface area contributed by atoms with Crippen LogP contribution in [0.4, 0.5) is 5.69 Å². The molecule has 0 saturated carbocycles. The highest BCUT2D eigenvalue weighted by molar-refractivity contribution is 5.95. The Balaban J connectivity index is 1.50. The third kappa shape index (κ3) is 4.79. The van der Waals surface area contributed by atoms with E-state index in [1.165, 1.54) is 12.8 Å². The van der Waals surface area contributed by atoms with Crippen molar-refractivity contribution in [3.63, 3.8) is 0 Å². The predicted octanol–water partition coefficient (Wildman–Crippen LogP) is 3.41. The lowest BCUT2D eigenvalue weighted by Crippen LogP contribution is -2.24. The summed E-state index contributed by atoms with van der Waals surface area (Å²) in [4.78, 5) is 16.4. The first-order chi connectivity index (χ1) is 12.2. The van der Waals surface area contributed by atoms with Crippen molar-refractivity contribution in [3.8, 4) is 11.1 Å². The highest BCUT2D eigenvalue weighted by atomic mass is 16.5. The number of unbranched alkanes of at least 4 members (excludes halogenated alkanes) is 1. The molecule has 1 amide bonds. The number of nitrogens with one attached hydrogen (secondary N) is 1. The van der Waals surface area contributed by atoms with Crippen LogP contribution < -0.4 is 11.1 Å². The predicted molar refractivity (Wildman–Crippen MR) is 99.2 cm³/mol. The van der Waals surface area contributed by atoms with Crippen molar-refractivity contribution in [3.05, 3.63) is 48.3 Å². The maximum Gasteiger partial charge on any atom is 0.251 e. The van der Waals surface area contributed by atoms with Gasteiger partial charge in [-0.05, 0) is 55.9 Å². The fourth-order valence-electron chi connectivity index (χ4n) is 3.17. The first kappa shape index (κ1) is 17.4. The number of nitrogens with two attached hydrogens (primary N) is 1. The summed E-state index contributed by atoms with van der Waals surface area (Å²) in [6.45, 7) is 1.59. The third-order valence-corrected chi connectivity index (χ3v) is 4.55. The van der Waals surface area contributed by atoms with E-state index in [4.69, 9.17) is 10.5 Å². The van der Waals surface area contributed by atoms with Crippen molar-refractivity contribution in [2.75, 3.05) is 18.9 Å². The van der Waals surface area contributed by atoms with Crippen LogP contribution in [0.1, 0.15) is 42.5 Å². The van der Waals surface area contributed by atoms with Gasteiger partial charge in [0.15, 0.2) is 0 Å². The standard InChI is InChI=1S/C20H25N3O2/c21-19-14-22-11-9-18(19)15-5-3-6-16(13-15)20(24)23-10-2-1-7-17-8-4-12-25-17/h3,5-6,9,11,13-14,17H,1-2,4,7-8,10,12,21H2,(H,23,24)/t17-/m1/s1. The van der Waals surface area contributed by atoms with Crippen LogP contribution in [0.2, 0.25) is 0 Å². The Hall–Kier alpha value is -2.40. The Labute approximate surface area is 148 Å². The molecule has 0 bridgehead atoms. The molecule has 1 atom stereocenters. The van der Waals surface area contributed by atoms with Gasteiger partial charge in [0.2, 0.25) is 0 Å². The number of benzene rings is 1. The van der Waals surface area contributed by atoms with Crippen molar-refractivity contribution in [1.82, 2.24) is 10.3 Å². The van der Waals surface area contributed by atoms with Crippen LogP contribution in [0.25, 0.3) is 11.1 Å². The molecule has 0 aliphatic carbocycles. The summed E-state index contributed by atoms with van der Waals surface area (Å²) in [6.07, 6.45) is 9.26. The number of carbonyl (C=O) groups is 1. The van der Waals surface area contributed by atoms with Gasteiger partial charge >= 0.3 is 0 Å². The van der Waals surface area contributed by atoms with Gasteiger partial charge in [0.1, 0.15) is 0 Å². The summed E-state index contributed by atoms with van der Waals surface area (Å²) in [6, 6.07) is 9.37. The van der Waals surface area contributed by atoms with Gasteiger partial charge in [0.25, 0.3) is 5.91 Å². The number of anilines is 1. The molecular formula is C20H25N3O2. The van der Waals surface area contributed by atoms with Gasteiger partial charge in [-0.25, -0.2) is 0 Å².